The zero-order valence-electron chi connectivity index (χ0n) is 15.3. The minimum Gasteiger partial charge on any atom is -0.303 e. The maximum absolute atomic E-state index is 4.49. The number of hydrogen-bond acceptors (Lipinski definition) is 4. The summed E-state index contributed by atoms with van der Waals surface area (Å²) in [6.07, 6.45) is 5.96. The van der Waals surface area contributed by atoms with E-state index in [1.54, 1.807) is 0 Å². The van der Waals surface area contributed by atoms with Crippen LogP contribution < -0.4 is 5.32 Å². The first kappa shape index (κ1) is 17.3. The van der Waals surface area contributed by atoms with Crippen molar-refractivity contribution < 1.29 is 0 Å². The second-order valence-electron chi connectivity index (χ2n) is 6.52. The highest BCUT2D eigenvalue weighted by molar-refractivity contribution is 5.21. The van der Waals surface area contributed by atoms with Gasteiger partial charge in [0, 0.05) is 41.3 Å². The molecule has 2 aromatic heterocycles. The molecule has 0 bridgehead atoms. The smallest absolute Gasteiger partial charge is 0.125 e. The Morgan fingerprint density at radius 2 is 1.80 bits per heavy atom. The van der Waals surface area contributed by atoms with Gasteiger partial charge in [0.05, 0.1) is 12.7 Å². The molecule has 2 atom stereocenters. The van der Waals surface area contributed by atoms with Crippen LogP contribution in [0, 0.1) is 13.8 Å². The molecule has 0 saturated carbocycles. The highest BCUT2D eigenvalue weighted by atomic mass is 15.3. The summed E-state index contributed by atoms with van der Waals surface area (Å²) >= 11 is 0. The van der Waals surface area contributed by atoms with Crippen molar-refractivity contribution in [1.29, 1.82) is 0 Å². The van der Waals surface area contributed by atoms with E-state index >= 15 is 0 Å². The molecule has 0 aliphatic rings. The third-order valence-electron chi connectivity index (χ3n) is 4.44. The van der Waals surface area contributed by atoms with E-state index in [-0.39, 0.29) is 12.1 Å². The quantitative estimate of drug-likeness (QED) is 0.745. The topological polar surface area (TPSA) is 55.6 Å². The van der Waals surface area contributed by atoms with Crippen LogP contribution in [-0.2, 0) is 6.54 Å². The van der Waals surface area contributed by atoms with Crippen LogP contribution in [0.25, 0.3) is 0 Å². The highest BCUT2D eigenvalue weighted by Gasteiger charge is 2.15. The molecule has 130 valence electrons. The van der Waals surface area contributed by atoms with Gasteiger partial charge in [-0.2, -0.15) is 5.10 Å². The molecule has 1 N–H and O–H groups in total. The fourth-order valence-corrected chi connectivity index (χ4v) is 3.04. The average molecular weight is 335 g/mol. The molecular formula is C20H25N5. The monoisotopic (exact) mass is 335 g/mol. The molecule has 0 radical (unpaired) electrons. The summed E-state index contributed by atoms with van der Waals surface area (Å²) in [5.74, 6) is 0.809. The Balaban J connectivity index is 1.66. The van der Waals surface area contributed by atoms with Gasteiger partial charge in [0.25, 0.3) is 0 Å². The molecule has 0 amide bonds. The van der Waals surface area contributed by atoms with Gasteiger partial charge in [0.15, 0.2) is 0 Å². The van der Waals surface area contributed by atoms with Crippen molar-refractivity contribution in [2.75, 3.05) is 0 Å². The third-order valence-corrected chi connectivity index (χ3v) is 4.44. The molecule has 3 aromatic rings. The van der Waals surface area contributed by atoms with Gasteiger partial charge in [-0.25, -0.2) is 9.97 Å². The molecule has 0 aliphatic carbocycles. The first-order valence-corrected chi connectivity index (χ1v) is 8.65. The summed E-state index contributed by atoms with van der Waals surface area (Å²) < 4.78 is 1.98. The lowest BCUT2D eigenvalue weighted by atomic mass is 10.1. The predicted octanol–water partition coefficient (Wildman–Crippen LogP) is 3.75. The zero-order chi connectivity index (χ0) is 17.8. The van der Waals surface area contributed by atoms with Gasteiger partial charge in [0.1, 0.15) is 5.82 Å². The molecule has 3 rings (SSSR count). The van der Waals surface area contributed by atoms with Crippen molar-refractivity contribution in [3.8, 4) is 0 Å². The second-order valence-corrected chi connectivity index (χ2v) is 6.52. The number of nitrogens with one attached hydrogen (secondary N) is 1. The first-order chi connectivity index (χ1) is 12.0. The van der Waals surface area contributed by atoms with Gasteiger partial charge in [-0.1, -0.05) is 30.3 Å². The lowest BCUT2D eigenvalue weighted by molar-refractivity contribution is 0.490. The van der Waals surface area contributed by atoms with Crippen molar-refractivity contribution in [2.24, 2.45) is 0 Å². The van der Waals surface area contributed by atoms with Gasteiger partial charge in [-0.05, 0) is 33.3 Å². The van der Waals surface area contributed by atoms with Crippen LogP contribution in [0.4, 0.5) is 0 Å². The van der Waals surface area contributed by atoms with E-state index in [2.05, 4.69) is 64.7 Å². The van der Waals surface area contributed by atoms with Crippen LogP contribution in [-0.4, -0.2) is 19.7 Å². The molecule has 2 unspecified atom stereocenters. The maximum Gasteiger partial charge on any atom is 0.125 e. The van der Waals surface area contributed by atoms with Crippen molar-refractivity contribution in [3.63, 3.8) is 0 Å². The number of aromatic nitrogens is 4. The average Bonchev–Trinajstić information content (AvgIpc) is 3.04. The number of aryl methyl sites for hydroxylation is 2. The summed E-state index contributed by atoms with van der Waals surface area (Å²) in [6, 6.07) is 10.7. The Hall–Kier alpha value is -2.53. The molecule has 0 saturated heterocycles. The van der Waals surface area contributed by atoms with E-state index in [4.69, 9.17) is 0 Å². The summed E-state index contributed by atoms with van der Waals surface area (Å²) in [5, 5.41) is 8.11. The zero-order valence-corrected chi connectivity index (χ0v) is 15.3. The summed E-state index contributed by atoms with van der Waals surface area (Å²) in [5.41, 5.74) is 4.58. The molecule has 25 heavy (non-hydrogen) atoms. The number of benzene rings is 1. The van der Waals surface area contributed by atoms with E-state index in [1.165, 1.54) is 11.1 Å². The van der Waals surface area contributed by atoms with Gasteiger partial charge >= 0.3 is 0 Å². The summed E-state index contributed by atoms with van der Waals surface area (Å²) in [7, 11) is 0. The number of rotatable bonds is 6. The summed E-state index contributed by atoms with van der Waals surface area (Å²) in [6.45, 7) is 9.04. The maximum atomic E-state index is 4.49. The fraction of sp³-hybridized carbons (Fsp3) is 0.350. The van der Waals surface area contributed by atoms with E-state index in [0.717, 1.165) is 23.6 Å². The molecular weight excluding hydrogens is 310 g/mol. The number of nitrogens with zero attached hydrogens (tertiary/aromatic N) is 4. The van der Waals surface area contributed by atoms with E-state index in [0.29, 0.717) is 0 Å². The Kier molecular flexibility index (Phi) is 5.24. The first-order valence-electron chi connectivity index (χ1n) is 8.65. The van der Waals surface area contributed by atoms with Gasteiger partial charge in [-0.3, -0.25) is 4.68 Å². The minimum atomic E-state index is 0.174. The van der Waals surface area contributed by atoms with Crippen molar-refractivity contribution in [2.45, 2.75) is 46.3 Å². The highest BCUT2D eigenvalue weighted by Crippen LogP contribution is 2.20. The normalized spacial score (nSPS) is 13.6. The summed E-state index contributed by atoms with van der Waals surface area (Å²) in [4.78, 5) is 8.78. The lowest BCUT2D eigenvalue weighted by Gasteiger charge is -2.20. The van der Waals surface area contributed by atoms with Gasteiger partial charge in [0.2, 0.25) is 0 Å². The Bertz CT molecular complexity index is 825. The van der Waals surface area contributed by atoms with Crippen LogP contribution in [0.3, 0.4) is 0 Å². The molecule has 0 spiro atoms. The Morgan fingerprint density at radius 3 is 2.52 bits per heavy atom. The molecule has 5 nitrogen and oxygen atoms in total. The van der Waals surface area contributed by atoms with Crippen molar-refractivity contribution >= 4 is 0 Å². The van der Waals surface area contributed by atoms with Gasteiger partial charge in [-0.15, -0.1) is 0 Å². The molecule has 0 fully saturated rings. The van der Waals surface area contributed by atoms with Crippen LogP contribution in [0.2, 0.25) is 0 Å². The van der Waals surface area contributed by atoms with E-state index in [9.17, 15) is 0 Å². The van der Waals surface area contributed by atoms with Crippen LogP contribution in [0.15, 0.2) is 48.9 Å². The molecule has 5 heteroatoms. The number of hydrogen-bond donors (Lipinski definition) is 1. The largest absolute Gasteiger partial charge is 0.303 e. The van der Waals surface area contributed by atoms with E-state index in [1.807, 2.05) is 37.0 Å². The molecule has 2 heterocycles. The second kappa shape index (κ2) is 7.57. The van der Waals surface area contributed by atoms with E-state index < -0.39 is 0 Å². The van der Waals surface area contributed by atoms with Crippen LogP contribution >= 0.6 is 0 Å². The Morgan fingerprint density at radius 1 is 1.04 bits per heavy atom. The third kappa shape index (κ3) is 4.31. The Labute approximate surface area is 149 Å². The van der Waals surface area contributed by atoms with Crippen molar-refractivity contribution in [3.05, 3.63) is 77.1 Å². The standard InChI is InChI=1S/C20H25N5/c1-14(23-15(2)20-11-21-17(4)24-16(20)3)19-10-22-25(13-19)12-18-8-6-5-7-9-18/h5-11,13-15,23H,12H2,1-4H3. The molecule has 0 aliphatic heterocycles. The van der Waals surface area contributed by atoms with Crippen molar-refractivity contribution in [1.82, 2.24) is 25.1 Å². The predicted molar refractivity (Wildman–Crippen MR) is 99.2 cm³/mol. The SMILES string of the molecule is Cc1ncc(C(C)NC(C)c2cnn(Cc3ccccc3)c2)c(C)n1. The van der Waals surface area contributed by atoms with Crippen LogP contribution in [0.5, 0.6) is 0 Å². The fourth-order valence-electron chi connectivity index (χ4n) is 3.04. The van der Waals surface area contributed by atoms with Gasteiger partial charge < -0.3 is 5.32 Å². The minimum absolute atomic E-state index is 0.174. The lowest BCUT2D eigenvalue weighted by Crippen LogP contribution is -2.23. The molecule has 1 aromatic carbocycles. The van der Waals surface area contributed by atoms with Crippen LogP contribution in [0.1, 0.15) is 54.1 Å².